The summed E-state index contributed by atoms with van der Waals surface area (Å²) < 4.78 is 25.4. The summed E-state index contributed by atoms with van der Waals surface area (Å²) in [7, 11) is 1.75. The number of rotatable bonds is 5. The van der Waals surface area contributed by atoms with Crippen molar-refractivity contribution in [3.63, 3.8) is 0 Å². The molecule has 0 atom stereocenters. The number of hydrogen-bond donors (Lipinski definition) is 2. The van der Waals surface area contributed by atoms with Crippen molar-refractivity contribution in [2.75, 3.05) is 13.6 Å². The van der Waals surface area contributed by atoms with E-state index < -0.39 is 11.6 Å². The molecule has 0 heterocycles. The quantitative estimate of drug-likeness (QED) is 0.848. The molecule has 17 heavy (non-hydrogen) atoms. The molecule has 0 spiro atoms. The Morgan fingerprint density at radius 2 is 2.00 bits per heavy atom. The standard InChI is InChI=1S/C11H14F2N2O.ClH/c1-14-5-4-11(16)15-7-8-2-3-9(12)10(13)6-8;/h2-3,6,14H,4-5,7H2,1H3,(H,15,16);1H. The minimum Gasteiger partial charge on any atom is -0.352 e. The second-order valence-corrected chi connectivity index (χ2v) is 3.38. The van der Waals surface area contributed by atoms with Crippen molar-refractivity contribution in [2.24, 2.45) is 0 Å². The van der Waals surface area contributed by atoms with Crippen LogP contribution in [-0.4, -0.2) is 19.5 Å². The monoisotopic (exact) mass is 264 g/mol. The number of carbonyl (C=O) groups excluding carboxylic acids is 1. The Balaban J connectivity index is 0.00000256. The molecule has 0 bridgehead atoms. The number of nitrogens with one attached hydrogen (secondary N) is 2. The minimum atomic E-state index is -0.901. The molecule has 96 valence electrons. The normalized spacial score (nSPS) is 9.59. The van der Waals surface area contributed by atoms with E-state index in [-0.39, 0.29) is 24.9 Å². The molecule has 0 saturated carbocycles. The third kappa shape index (κ3) is 5.60. The van der Waals surface area contributed by atoms with Gasteiger partial charge in [-0.25, -0.2) is 8.78 Å². The smallest absolute Gasteiger partial charge is 0.221 e. The van der Waals surface area contributed by atoms with Crippen LogP contribution in [0.1, 0.15) is 12.0 Å². The Labute approximate surface area is 105 Å². The van der Waals surface area contributed by atoms with Gasteiger partial charge in [-0.3, -0.25) is 4.79 Å². The predicted molar refractivity (Wildman–Crippen MR) is 64.0 cm³/mol. The molecule has 0 fully saturated rings. The molecule has 1 aromatic carbocycles. The van der Waals surface area contributed by atoms with Crippen molar-refractivity contribution in [3.8, 4) is 0 Å². The summed E-state index contributed by atoms with van der Waals surface area (Å²) in [5, 5.41) is 5.46. The van der Waals surface area contributed by atoms with E-state index in [1.165, 1.54) is 6.07 Å². The second-order valence-electron chi connectivity index (χ2n) is 3.38. The van der Waals surface area contributed by atoms with Crippen LogP contribution < -0.4 is 10.6 Å². The summed E-state index contributed by atoms with van der Waals surface area (Å²) >= 11 is 0. The largest absolute Gasteiger partial charge is 0.352 e. The van der Waals surface area contributed by atoms with Crippen molar-refractivity contribution in [1.29, 1.82) is 0 Å². The maximum Gasteiger partial charge on any atom is 0.221 e. The zero-order valence-electron chi connectivity index (χ0n) is 9.43. The summed E-state index contributed by atoms with van der Waals surface area (Å²) in [6.07, 6.45) is 0.361. The van der Waals surface area contributed by atoms with Gasteiger partial charge in [0, 0.05) is 19.5 Å². The summed E-state index contributed by atoms with van der Waals surface area (Å²) in [6, 6.07) is 3.56. The van der Waals surface area contributed by atoms with Gasteiger partial charge in [0.1, 0.15) is 0 Å². The van der Waals surface area contributed by atoms with Crippen LogP contribution in [0, 0.1) is 11.6 Å². The molecule has 0 radical (unpaired) electrons. The topological polar surface area (TPSA) is 41.1 Å². The summed E-state index contributed by atoms with van der Waals surface area (Å²) in [6.45, 7) is 0.795. The molecule has 0 unspecified atom stereocenters. The molecule has 1 amide bonds. The average molecular weight is 265 g/mol. The highest BCUT2D eigenvalue weighted by Crippen LogP contribution is 2.08. The molecular formula is C11H15ClF2N2O. The van der Waals surface area contributed by atoms with Gasteiger partial charge < -0.3 is 10.6 Å². The molecule has 1 aromatic rings. The van der Waals surface area contributed by atoms with E-state index in [2.05, 4.69) is 10.6 Å². The molecule has 3 nitrogen and oxygen atoms in total. The third-order valence-electron chi connectivity index (χ3n) is 2.08. The van der Waals surface area contributed by atoms with Gasteiger partial charge in [0.15, 0.2) is 11.6 Å². The van der Waals surface area contributed by atoms with E-state index in [1.54, 1.807) is 7.05 Å². The highest BCUT2D eigenvalue weighted by molar-refractivity contribution is 5.85. The highest BCUT2D eigenvalue weighted by Gasteiger charge is 2.04. The van der Waals surface area contributed by atoms with E-state index >= 15 is 0 Å². The van der Waals surface area contributed by atoms with Crippen LogP contribution in [0.15, 0.2) is 18.2 Å². The molecule has 6 heteroatoms. The lowest BCUT2D eigenvalue weighted by Gasteiger charge is -2.05. The predicted octanol–water partition coefficient (Wildman–Crippen LogP) is 1.61. The minimum absolute atomic E-state index is 0. The van der Waals surface area contributed by atoms with Gasteiger partial charge >= 0.3 is 0 Å². The van der Waals surface area contributed by atoms with Crippen molar-refractivity contribution in [3.05, 3.63) is 35.4 Å². The van der Waals surface area contributed by atoms with Crippen molar-refractivity contribution < 1.29 is 13.6 Å². The first-order valence-electron chi connectivity index (χ1n) is 4.98. The van der Waals surface area contributed by atoms with Gasteiger partial charge in [-0.15, -0.1) is 12.4 Å². The van der Waals surface area contributed by atoms with Crippen LogP contribution in [0.25, 0.3) is 0 Å². The highest BCUT2D eigenvalue weighted by atomic mass is 35.5. The lowest BCUT2D eigenvalue weighted by Crippen LogP contribution is -2.26. The number of carbonyl (C=O) groups is 1. The summed E-state index contributed by atoms with van der Waals surface area (Å²) in [5.74, 6) is -1.91. The lowest BCUT2D eigenvalue weighted by molar-refractivity contribution is -0.121. The first-order valence-corrected chi connectivity index (χ1v) is 4.98. The summed E-state index contributed by atoms with van der Waals surface area (Å²) in [4.78, 5) is 11.2. The number of halogens is 3. The van der Waals surface area contributed by atoms with E-state index in [0.29, 0.717) is 18.5 Å². The molecular weight excluding hydrogens is 250 g/mol. The zero-order chi connectivity index (χ0) is 12.0. The Hall–Kier alpha value is -1.20. The Bertz CT molecular complexity index is 374. The van der Waals surface area contributed by atoms with Crippen molar-refractivity contribution in [1.82, 2.24) is 10.6 Å². The Kier molecular flexibility index (Phi) is 7.41. The molecule has 0 aliphatic rings. The fourth-order valence-corrected chi connectivity index (χ4v) is 1.18. The molecule has 0 saturated heterocycles. The number of benzene rings is 1. The lowest BCUT2D eigenvalue weighted by atomic mass is 10.2. The Morgan fingerprint density at radius 3 is 2.59 bits per heavy atom. The molecule has 0 aliphatic carbocycles. The van der Waals surface area contributed by atoms with Gasteiger partial charge in [0.25, 0.3) is 0 Å². The van der Waals surface area contributed by atoms with Crippen LogP contribution in [-0.2, 0) is 11.3 Å². The van der Waals surface area contributed by atoms with Crippen LogP contribution >= 0.6 is 12.4 Å². The van der Waals surface area contributed by atoms with E-state index in [0.717, 1.165) is 12.1 Å². The Morgan fingerprint density at radius 1 is 1.29 bits per heavy atom. The van der Waals surface area contributed by atoms with E-state index in [4.69, 9.17) is 0 Å². The molecule has 1 rings (SSSR count). The van der Waals surface area contributed by atoms with E-state index in [1.807, 2.05) is 0 Å². The average Bonchev–Trinajstić information content (AvgIpc) is 2.28. The van der Waals surface area contributed by atoms with Crippen LogP contribution in [0.5, 0.6) is 0 Å². The maximum absolute atomic E-state index is 12.8. The zero-order valence-corrected chi connectivity index (χ0v) is 10.2. The van der Waals surface area contributed by atoms with E-state index in [9.17, 15) is 13.6 Å². The van der Waals surface area contributed by atoms with Crippen LogP contribution in [0.2, 0.25) is 0 Å². The number of amides is 1. The van der Waals surface area contributed by atoms with Gasteiger partial charge in [-0.2, -0.15) is 0 Å². The van der Waals surface area contributed by atoms with Crippen molar-refractivity contribution in [2.45, 2.75) is 13.0 Å². The first-order chi connectivity index (χ1) is 7.63. The number of hydrogen-bond acceptors (Lipinski definition) is 2. The SMILES string of the molecule is CNCCC(=O)NCc1ccc(F)c(F)c1.Cl. The van der Waals surface area contributed by atoms with Crippen LogP contribution in [0.3, 0.4) is 0 Å². The van der Waals surface area contributed by atoms with Gasteiger partial charge in [-0.1, -0.05) is 6.07 Å². The third-order valence-corrected chi connectivity index (χ3v) is 2.08. The first kappa shape index (κ1) is 15.8. The second kappa shape index (κ2) is 7.97. The summed E-state index contributed by atoms with van der Waals surface area (Å²) in [5.41, 5.74) is 0.539. The maximum atomic E-state index is 12.8. The van der Waals surface area contributed by atoms with Crippen molar-refractivity contribution >= 4 is 18.3 Å². The molecule has 0 aromatic heterocycles. The molecule has 2 N–H and O–H groups in total. The fraction of sp³-hybridized carbons (Fsp3) is 0.364. The van der Waals surface area contributed by atoms with Gasteiger partial charge in [0.2, 0.25) is 5.91 Å². The molecule has 0 aliphatic heterocycles. The van der Waals surface area contributed by atoms with Crippen LogP contribution in [0.4, 0.5) is 8.78 Å². The van der Waals surface area contributed by atoms with Gasteiger partial charge in [0.05, 0.1) is 0 Å². The van der Waals surface area contributed by atoms with Gasteiger partial charge in [-0.05, 0) is 24.7 Å². The fourth-order valence-electron chi connectivity index (χ4n) is 1.18.